The Morgan fingerprint density at radius 1 is 1.44 bits per heavy atom. The minimum absolute atomic E-state index is 0.238. The van der Waals surface area contributed by atoms with Crippen LogP contribution in [0.25, 0.3) is 0 Å². The van der Waals surface area contributed by atoms with Crippen molar-refractivity contribution in [3.05, 3.63) is 33.3 Å². The Morgan fingerprint density at radius 3 is 2.69 bits per heavy atom. The van der Waals surface area contributed by atoms with E-state index >= 15 is 0 Å². The monoisotopic (exact) mass is 313 g/mol. The molecule has 0 saturated heterocycles. The Bertz CT molecular complexity index is 363. The largest absolute Gasteiger partial charge is 0.390 e. The normalized spacial score (nSPS) is 11.8. The third-order valence-electron chi connectivity index (χ3n) is 1.95. The van der Waals surface area contributed by atoms with Gasteiger partial charge >= 0.3 is 0 Å². The first kappa shape index (κ1) is 13.8. The first-order valence-electron chi connectivity index (χ1n) is 4.58. The number of hydrogen-bond acceptors (Lipinski definition) is 2. The number of aliphatic hydroxyl groups excluding tert-OH is 1. The highest BCUT2D eigenvalue weighted by atomic mass is 79.9. The van der Waals surface area contributed by atoms with E-state index in [4.69, 9.17) is 16.7 Å². The maximum atomic E-state index is 12.7. The second-order valence-corrected chi connectivity index (χ2v) is 4.68. The molecule has 0 fully saturated rings. The zero-order valence-electron chi connectivity index (χ0n) is 8.31. The van der Waals surface area contributed by atoms with Crippen molar-refractivity contribution >= 4 is 27.5 Å². The SMILES string of the molecule is OCC(F)(F)CNCc1ccc(Br)cc1Cl. The van der Waals surface area contributed by atoms with Crippen molar-refractivity contribution in [2.45, 2.75) is 12.5 Å². The van der Waals surface area contributed by atoms with Gasteiger partial charge < -0.3 is 10.4 Å². The number of rotatable bonds is 5. The number of halogens is 4. The van der Waals surface area contributed by atoms with Crippen LogP contribution in [0.4, 0.5) is 8.78 Å². The van der Waals surface area contributed by atoms with Gasteiger partial charge in [0, 0.05) is 16.0 Å². The van der Waals surface area contributed by atoms with E-state index in [-0.39, 0.29) is 6.54 Å². The predicted molar refractivity (Wildman–Crippen MR) is 62.9 cm³/mol. The standard InChI is InChI=1S/C10H11BrClF2NO/c11-8-2-1-7(9(12)3-8)4-15-5-10(13,14)6-16/h1-3,15-16H,4-6H2. The van der Waals surface area contributed by atoms with Gasteiger partial charge in [-0.15, -0.1) is 0 Å². The van der Waals surface area contributed by atoms with Crippen molar-refractivity contribution in [1.29, 1.82) is 0 Å². The molecule has 2 N–H and O–H groups in total. The smallest absolute Gasteiger partial charge is 0.282 e. The molecule has 0 heterocycles. The van der Waals surface area contributed by atoms with Crippen LogP contribution in [0.3, 0.4) is 0 Å². The molecule has 0 saturated carbocycles. The van der Waals surface area contributed by atoms with E-state index in [2.05, 4.69) is 21.2 Å². The lowest BCUT2D eigenvalue weighted by Crippen LogP contribution is -2.35. The zero-order valence-corrected chi connectivity index (χ0v) is 10.7. The minimum Gasteiger partial charge on any atom is -0.390 e. The summed E-state index contributed by atoms with van der Waals surface area (Å²) in [6.45, 7) is -1.49. The van der Waals surface area contributed by atoms with E-state index in [0.717, 1.165) is 10.0 Å². The summed E-state index contributed by atoms with van der Waals surface area (Å²) in [7, 11) is 0. The Balaban J connectivity index is 2.49. The molecule has 0 spiro atoms. The van der Waals surface area contributed by atoms with E-state index in [9.17, 15) is 8.78 Å². The second-order valence-electron chi connectivity index (χ2n) is 3.35. The van der Waals surface area contributed by atoms with Gasteiger partial charge in [0.15, 0.2) is 0 Å². The second kappa shape index (κ2) is 5.91. The molecule has 0 aromatic heterocycles. The molecule has 16 heavy (non-hydrogen) atoms. The van der Waals surface area contributed by atoms with Crippen LogP contribution in [0.5, 0.6) is 0 Å². The van der Waals surface area contributed by atoms with E-state index < -0.39 is 19.1 Å². The Morgan fingerprint density at radius 2 is 2.12 bits per heavy atom. The quantitative estimate of drug-likeness (QED) is 0.876. The molecule has 6 heteroatoms. The predicted octanol–water partition coefficient (Wildman–Crippen LogP) is 2.82. The highest BCUT2D eigenvalue weighted by molar-refractivity contribution is 9.10. The number of hydrogen-bond donors (Lipinski definition) is 2. The number of nitrogens with one attached hydrogen (secondary N) is 1. The van der Waals surface area contributed by atoms with Crippen LogP contribution >= 0.6 is 27.5 Å². The summed E-state index contributed by atoms with van der Waals surface area (Å²) in [4.78, 5) is 0. The lowest BCUT2D eigenvalue weighted by Gasteiger charge is -2.14. The summed E-state index contributed by atoms with van der Waals surface area (Å²) in [5, 5.41) is 11.4. The Kier molecular flexibility index (Phi) is 5.11. The third-order valence-corrected chi connectivity index (χ3v) is 2.79. The molecule has 0 bridgehead atoms. The molecule has 0 radical (unpaired) electrons. The lowest BCUT2D eigenvalue weighted by molar-refractivity contribution is -0.0477. The summed E-state index contributed by atoms with van der Waals surface area (Å²) in [5.74, 6) is -3.10. The molecule has 1 rings (SSSR count). The summed E-state index contributed by atoms with van der Waals surface area (Å²) in [6.07, 6.45) is 0. The van der Waals surface area contributed by atoms with Gasteiger partial charge in [0.25, 0.3) is 5.92 Å². The molecule has 0 amide bonds. The maximum Gasteiger partial charge on any atom is 0.282 e. The fourth-order valence-electron chi connectivity index (χ4n) is 1.10. The van der Waals surface area contributed by atoms with Gasteiger partial charge in [0.1, 0.15) is 6.61 Å². The number of aliphatic hydroxyl groups is 1. The van der Waals surface area contributed by atoms with Crippen molar-refractivity contribution in [3.63, 3.8) is 0 Å². The minimum atomic E-state index is -3.10. The Labute approximate surface area is 106 Å². The van der Waals surface area contributed by atoms with Crippen molar-refractivity contribution in [3.8, 4) is 0 Å². The van der Waals surface area contributed by atoms with Gasteiger partial charge in [-0.1, -0.05) is 33.6 Å². The van der Waals surface area contributed by atoms with Gasteiger partial charge in [-0.25, -0.2) is 8.78 Å². The van der Waals surface area contributed by atoms with E-state index in [0.29, 0.717) is 5.02 Å². The van der Waals surface area contributed by atoms with Gasteiger partial charge in [-0.05, 0) is 17.7 Å². The first-order valence-corrected chi connectivity index (χ1v) is 5.75. The van der Waals surface area contributed by atoms with Gasteiger partial charge in [0.05, 0.1) is 6.54 Å². The fourth-order valence-corrected chi connectivity index (χ4v) is 1.84. The van der Waals surface area contributed by atoms with Crippen LogP contribution in [-0.2, 0) is 6.54 Å². The maximum absolute atomic E-state index is 12.7. The van der Waals surface area contributed by atoms with Crippen molar-refractivity contribution in [2.75, 3.05) is 13.2 Å². The topological polar surface area (TPSA) is 32.3 Å². The fraction of sp³-hybridized carbons (Fsp3) is 0.400. The number of benzene rings is 1. The van der Waals surface area contributed by atoms with Crippen molar-refractivity contribution in [1.82, 2.24) is 5.32 Å². The van der Waals surface area contributed by atoms with Gasteiger partial charge in [-0.2, -0.15) is 0 Å². The molecule has 1 aromatic rings. The zero-order chi connectivity index (χ0) is 12.2. The van der Waals surface area contributed by atoms with Crippen LogP contribution < -0.4 is 5.32 Å². The van der Waals surface area contributed by atoms with Crippen LogP contribution in [0.2, 0.25) is 5.02 Å². The van der Waals surface area contributed by atoms with E-state index in [1.165, 1.54) is 0 Å². The summed E-state index contributed by atoms with van der Waals surface area (Å²) in [5.41, 5.74) is 0.735. The molecule has 0 unspecified atom stereocenters. The molecule has 2 nitrogen and oxygen atoms in total. The van der Waals surface area contributed by atoms with E-state index in [1.54, 1.807) is 18.2 Å². The Hall–Kier alpha value is -0.230. The summed E-state index contributed by atoms with van der Waals surface area (Å²) >= 11 is 9.16. The lowest BCUT2D eigenvalue weighted by atomic mass is 10.2. The summed E-state index contributed by atoms with van der Waals surface area (Å²) < 4.78 is 26.2. The molecular formula is C10H11BrClF2NO. The highest BCUT2D eigenvalue weighted by Crippen LogP contribution is 2.21. The molecule has 0 aliphatic rings. The van der Waals surface area contributed by atoms with Gasteiger partial charge in [-0.3, -0.25) is 0 Å². The third kappa shape index (κ3) is 4.33. The van der Waals surface area contributed by atoms with Crippen LogP contribution in [0.15, 0.2) is 22.7 Å². The molecular weight excluding hydrogens is 303 g/mol. The first-order chi connectivity index (χ1) is 7.44. The highest BCUT2D eigenvalue weighted by Gasteiger charge is 2.26. The molecule has 0 atom stereocenters. The molecule has 1 aromatic carbocycles. The van der Waals surface area contributed by atoms with Crippen molar-refractivity contribution in [2.24, 2.45) is 0 Å². The van der Waals surface area contributed by atoms with Crippen molar-refractivity contribution < 1.29 is 13.9 Å². The van der Waals surface area contributed by atoms with Gasteiger partial charge in [0.2, 0.25) is 0 Å². The average molecular weight is 315 g/mol. The van der Waals surface area contributed by atoms with Crippen LogP contribution in [-0.4, -0.2) is 24.2 Å². The van der Waals surface area contributed by atoms with Crippen LogP contribution in [0, 0.1) is 0 Å². The number of alkyl halides is 2. The summed E-state index contributed by atoms with van der Waals surface area (Å²) in [6, 6.07) is 5.23. The average Bonchev–Trinajstić information content (AvgIpc) is 2.21. The molecule has 0 aliphatic carbocycles. The molecule has 0 aliphatic heterocycles. The van der Waals surface area contributed by atoms with Crippen LogP contribution in [0.1, 0.15) is 5.56 Å². The van der Waals surface area contributed by atoms with E-state index in [1.807, 2.05) is 0 Å². The molecule has 90 valence electrons.